The highest BCUT2D eigenvalue weighted by atomic mass is 35.5. The number of carboxylic acids is 1. The van der Waals surface area contributed by atoms with Crippen molar-refractivity contribution in [2.45, 2.75) is 46.2 Å². The fourth-order valence-electron chi connectivity index (χ4n) is 3.89. The average Bonchev–Trinajstić information content (AvgIpc) is 2.77. The van der Waals surface area contributed by atoms with Gasteiger partial charge < -0.3 is 9.67 Å². The molecule has 2 aromatic rings. The van der Waals surface area contributed by atoms with E-state index in [1.54, 1.807) is 6.92 Å². The number of aromatic nitrogens is 1. The molecule has 0 atom stereocenters. The Kier molecular flexibility index (Phi) is 4.86. The van der Waals surface area contributed by atoms with Crippen molar-refractivity contribution in [2.75, 3.05) is 0 Å². The molecule has 0 bridgehead atoms. The Bertz CT molecular complexity index is 990. The molecular formula is C20H19ClF3NO3. The number of halogens is 4. The maximum absolute atomic E-state index is 13.2. The molecule has 3 rings (SSSR count). The van der Waals surface area contributed by atoms with Crippen LogP contribution < -0.4 is 0 Å². The van der Waals surface area contributed by atoms with Crippen LogP contribution in [0, 0.1) is 12.3 Å². The summed E-state index contributed by atoms with van der Waals surface area (Å²) in [6, 6.07) is 2.99. The van der Waals surface area contributed by atoms with E-state index in [0.29, 0.717) is 28.9 Å². The van der Waals surface area contributed by atoms with Crippen LogP contribution in [0.4, 0.5) is 13.2 Å². The Morgan fingerprint density at radius 1 is 1.29 bits per heavy atom. The molecule has 8 heteroatoms. The van der Waals surface area contributed by atoms with Crippen molar-refractivity contribution in [1.29, 1.82) is 0 Å². The smallest absolute Gasteiger partial charge is 0.416 e. The van der Waals surface area contributed by atoms with E-state index in [1.165, 1.54) is 4.57 Å². The third-order valence-electron chi connectivity index (χ3n) is 5.04. The van der Waals surface area contributed by atoms with Gasteiger partial charge in [-0.1, -0.05) is 25.4 Å². The average molecular weight is 414 g/mol. The normalized spacial score (nSPS) is 16.2. The summed E-state index contributed by atoms with van der Waals surface area (Å²) in [5, 5.41) is 9.36. The van der Waals surface area contributed by atoms with Crippen LogP contribution in [0.25, 0.3) is 5.69 Å². The second kappa shape index (κ2) is 6.65. The van der Waals surface area contributed by atoms with Crippen LogP contribution in [0.1, 0.15) is 53.1 Å². The highest BCUT2D eigenvalue weighted by Gasteiger charge is 2.38. The SMILES string of the molecule is Cc1c(CC(=O)O)c2c(n1-c1cc(C(F)(F)F)ccc1Cl)CC(C)(C)CC2=O. The number of hydrogen-bond donors (Lipinski definition) is 1. The number of fused-ring (bicyclic) bond motifs is 1. The van der Waals surface area contributed by atoms with E-state index in [-0.39, 0.29) is 29.3 Å². The fourth-order valence-corrected chi connectivity index (χ4v) is 4.10. The van der Waals surface area contributed by atoms with Gasteiger partial charge in [0, 0.05) is 23.4 Å². The minimum Gasteiger partial charge on any atom is -0.481 e. The molecule has 4 nitrogen and oxygen atoms in total. The number of Topliss-reactive ketones (excluding diaryl/α,β-unsaturated/α-hetero) is 1. The van der Waals surface area contributed by atoms with Crippen LogP contribution in [0.3, 0.4) is 0 Å². The zero-order chi connectivity index (χ0) is 21.0. The molecule has 0 saturated carbocycles. The van der Waals surface area contributed by atoms with Crippen molar-refractivity contribution < 1.29 is 27.9 Å². The van der Waals surface area contributed by atoms with Gasteiger partial charge in [0.2, 0.25) is 0 Å². The van der Waals surface area contributed by atoms with Crippen molar-refractivity contribution in [3.05, 3.63) is 51.3 Å². The largest absolute Gasteiger partial charge is 0.481 e. The molecule has 28 heavy (non-hydrogen) atoms. The van der Waals surface area contributed by atoms with Gasteiger partial charge in [-0.05, 0) is 42.5 Å². The van der Waals surface area contributed by atoms with E-state index in [2.05, 4.69) is 0 Å². The summed E-state index contributed by atoms with van der Waals surface area (Å²) < 4.78 is 41.2. The van der Waals surface area contributed by atoms with Crippen LogP contribution in [-0.4, -0.2) is 21.4 Å². The Labute approximate surface area is 164 Å². The fraction of sp³-hybridized carbons (Fsp3) is 0.400. The van der Waals surface area contributed by atoms with Gasteiger partial charge >= 0.3 is 12.1 Å². The molecule has 0 amide bonds. The van der Waals surface area contributed by atoms with Gasteiger partial charge in [0.25, 0.3) is 0 Å². The Morgan fingerprint density at radius 2 is 1.93 bits per heavy atom. The summed E-state index contributed by atoms with van der Waals surface area (Å²) in [6.07, 6.45) is -4.28. The van der Waals surface area contributed by atoms with Crippen molar-refractivity contribution in [2.24, 2.45) is 5.41 Å². The van der Waals surface area contributed by atoms with Crippen LogP contribution >= 0.6 is 11.6 Å². The lowest BCUT2D eigenvalue weighted by atomic mass is 9.75. The monoisotopic (exact) mass is 413 g/mol. The summed E-state index contributed by atoms with van der Waals surface area (Å²) in [6.45, 7) is 5.39. The van der Waals surface area contributed by atoms with E-state index < -0.39 is 23.1 Å². The summed E-state index contributed by atoms with van der Waals surface area (Å²) in [5.74, 6) is -1.32. The third-order valence-corrected chi connectivity index (χ3v) is 5.36. The van der Waals surface area contributed by atoms with Crippen molar-refractivity contribution in [3.63, 3.8) is 0 Å². The minimum absolute atomic E-state index is 0.0894. The molecule has 1 aromatic carbocycles. The second-order valence-electron chi connectivity index (χ2n) is 7.90. The summed E-state index contributed by atoms with van der Waals surface area (Å²) >= 11 is 6.23. The van der Waals surface area contributed by atoms with Gasteiger partial charge in [-0.15, -0.1) is 0 Å². The van der Waals surface area contributed by atoms with E-state index in [0.717, 1.165) is 18.2 Å². The van der Waals surface area contributed by atoms with E-state index >= 15 is 0 Å². The van der Waals surface area contributed by atoms with Crippen LogP contribution in [0.2, 0.25) is 5.02 Å². The lowest BCUT2D eigenvalue weighted by Crippen LogP contribution is -2.28. The number of ketones is 1. The molecule has 0 spiro atoms. The molecule has 1 heterocycles. The topological polar surface area (TPSA) is 59.3 Å². The Balaban J connectivity index is 2.34. The van der Waals surface area contributed by atoms with Crippen molar-refractivity contribution >= 4 is 23.4 Å². The zero-order valence-corrected chi connectivity index (χ0v) is 16.3. The van der Waals surface area contributed by atoms with Crippen LogP contribution in [0.5, 0.6) is 0 Å². The third kappa shape index (κ3) is 3.55. The van der Waals surface area contributed by atoms with E-state index in [4.69, 9.17) is 11.6 Å². The number of carbonyl (C=O) groups is 2. The number of carbonyl (C=O) groups excluding carboxylic acids is 1. The molecule has 0 aliphatic heterocycles. The number of aliphatic carboxylic acids is 1. The first kappa shape index (κ1) is 20.5. The van der Waals surface area contributed by atoms with Crippen molar-refractivity contribution in [1.82, 2.24) is 4.57 Å². The molecule has 150 valence electrons. The van der Waals surface area contributed by atoms with Crippen LogP contribution in [-0.2, 0) is 23.8 Å². The first-order valence-electron chi connectivity index (χ1n) is 8.67. The van der Waals surface area contributed by atoms with E-state index in [9.17, 15) is 27.9 Å². The van der Waals surface area contributed by atoms with Gasteiger partial charge in [-0.2, -0.15) is 13.2 Å². The van der Waals surface area contributed by atoms with Gasteiger partial charge in [0.1, 0.15) is 0 Å². The molecule has 0 radical (unpaired) electrons. The predicted molar refractivity (Wildman–Crippen MR) is 98.3 cm³/mol. The van der Waals surface area contributed by atoms with Gasteiger partial charge in [-0.25, -0.2) is 0 Å². The number of hydrogen-bond acceptors (Lipinski definition) is 2. The molecule has 0 fully saturated rings. The first-order valence-corrected chi connectivity index (χ1v) is 9.05. The maximum Gasteiger partial charge on any atom is 0.416 e. The first-order chi connectivity index (χ1) is 12.8. The minimum atomic E-state index is -4.56. The molecule has 1 aliphatic carbocycles. The molecular weight excluding hydrogens is 395 g/mol. The molecule has 1 aromatic heterocycles. The summed E-state index contributed by atoms with van der Waals surface area (Å²) in [7, 11) is 0. The molecule has 0 saturated heterocycles. The lowest BCUT2D eigenvalue weighted by Gasteiger charge is -2.30. The van der Waals surface area contributed by atoms with Gasteiger partial charge in [0.15, 0.2) is 5.78 Å². The lowest BCUT2D eigenvalue weighted by molar-refractivity contribution is -0.138. The number of alkyl halides is 3. The number of nitrogens with zero attached hydrogens (tertiary/aromatic N) is 1. The van der Waals surface area contributed by atoms with Gasteiger partial charge in [-0.3, -0.25) is 9.59 Å². The van der Waals surface area contributed by atoms with Crippen LogP contribution in [0.15, 0.2) is 18.2 Å². The summed E-state index contributed by atoms with van der Waals surface area (Å²) in [4.78, 5) is 24.1. The maximum atomic E-state index is 13.2. The Morgan fingerprint density at radius 3 is 2.50 bits per heavy atom. The van der Waals surface area contributed by atoms with Gasteiger partial charge in [0.05, 0.1) is 22.7 Å². The molecule has 1 aliphatic rings. The molecule has 0 unspecified atom stereocenters. The molecule has 1 N–H and O–H groups in total. The standard InChI is InChI=1S/C20H19ClF3NO3/c1-10-12(7-17(27)28)18-15(8-19(2,3)9-16(18)26)25(10)14-6-11(20(22,23)24)4-5-13(14)21/h4-6H,7-9H2,1-3H3,(H,27,28). The number of rotatable bonds is 3. The highest BCUT2D eigenvalue weighted by molar-refractivity contribution is 6.32. The number of benzene rings is 1. The predicted octanol–water partition coefficient (Wildman–Crippen LogP) is 5.24. The quantitative estimate of drug-likeness (QED) is 0.748. The van der Waals surface area contributed by atoms with E-state index in [1.807, 2.05) is 13.8 Å². The number of carboxylic acid groups (broad SMARTS) is 1. The van der Waals surface area contributed by atoms with Crippen molar-refractivity contribution in [3.8, 4) is 5.69 Å². The summed E-state index contributed by atoms with van der Waals surface area (Å²) in [5.41, 5.74) is 0.378. The second-order valence-corrected chi connectivity index (χ2v) is 8.30. The Hall–Kier alpha value is -2.28. The highest BCUT2D eigenvalue weighted by Crippen LogP contribution is 2.42. The zero-order valence-electron chi connectivity index (χ0n) is 15.6.